The molecular formula is C29H27FN6O4S. The molecule has 0 fully saturated rings. The van der Waals surface area contributed by atoms with E-state index in [1.165, 1.54) is 30.6 Å². The van der Waals surface area contributed by atoms with Crippen molar-refractivity contribution < 1.29 is 23.5 Å². The molecule has 12 heteroatoms. The number of pyridine rings is 1. The lowest BCUT2D eigenvalue weighted by molar-refractivity contribution is -0.123. The quantitative estimate of drug-likeness (QED) is 0.184. The van der Waals surface area contributed by atoms with Crippen LogP contribution in [0, 0.1) is 5.82 Å². The third kappa shape index (κ3) is 6.68. The van der Waals surface area contributed by atoms with Gasteiger partial charge in [0.1, 0.15) is 17.9 Å². The van der Waals surface area contributed by atoms with Gasteiger partial charge in [-0.25, -0.2) is 9.37 Å². The van der Waals surface area contributed by atoms with Crippen LogP contribution in [0.25, 0.3) is 20.8 Å². The maximum Gasteiger partial charge on any atom is 0.233 e. The highest BCUT2D eigenvalue weighted by molar-refractivity contribution is 7.22. The molecule has 0 spiro atoms. The monoisotopic (exact) mass is 574 g/mol. The minimum absolute atomic E-state index is 0.0179. The second-order valence-electron chi connectivity index (χ2n) is 8.96. The molecule has 0 bridgehead atoms. The van der Waals surface area contributed by atoms with Crippen LogP contribution in [-0.4, -0.2) is 47.1 Å². The SMILES string of the molecule is CNCCn1cnc(-c2cc3nccc(Oc4ccc(NC(=O)CC(=O)Nc5ccccc5OC)cc4F)c3s2)c1. The molecule has 10 nitrogen and oxygen atoms in total. The van der Waals surface area contributed by atoms with Crippen molar-refractivity contribution in [2.45, 2.75) is 13.0 Å². The van der Waals surface area contributed by atoms with Crippen molar-refractivity contribution in [3.05, 3.63) is 79.1 Å². The lowest BCUT2D eigenvalue weighted by Crippen LogP contribution is -2.21. The summed E-state index contributed by atoms with van der Waals surface area (Å²) in [6.45, 7) is 1.63. The first-order valence-electron chi connectivity index (χ1n) is 12.7. The number of nitrogens with zero attached hydrogens (tertiary/aromatic N) is 3. The molecule has 5 rings (SSSR count). The number of hydrogen-bond acceptors (Lipinski definition) is 8. The van der Waals surface area contributed by atoms with Gasteiger partial charge < -0.3 is 30.0 Å². The summed E-state index contributed by atoms with van der Waals surface area (Å²) in [4.78, 5) is 34.5. The van der Waals surface area contributed by atoms with E-state index in [0.717, 1.165) is 34.4 Å². The number of para-hydroxylation sites is 2. The van der Waals surface area contributed by atoms with Crippen molar-refractivity contribution in [1.29, 1.82) is 0 Å². The number of rotatable bonds is 11. The van der Waals surface area contributed by atoms with E-state index in [0.29, 0.717) is 22.7 Å². The Hall–Kier alpha value is -4.81. The number of halogens is 1. The van der Waals surface area contributed by atoms with E-state index in [-0.39, 0.29) is 11.4 Å². The van der Waals surface area contributed by atoms with Gasteiger partial charge in [0.2, 0.25) is 11.8 Å². The number of thiophene rings is 1. The largest absolute Gasteiger partial charge is 0.495 e. The van der Waals surface area contributed by atoms with Crippen LogP contribution in [0.15, 0.2) is 73.3 Å². The molecule has 0 atom stereocenters. The van der Waals surface area contributed by atoms with Gasteiger partial charge in [0.05, 0.1) is 39.9 Å². The number of imidazole rings is 1. The predicted octanol–water partition coefficient (Wildman–Crippen LogP) is 5.29. The van der Waals surface area contributed by atoms with Crippen molar-refractivity contribution in [3.8, 4) is 27.8 Å². The molecule has 0 radical (unpaired) electrons. The second kappa shape index (κ2) is 12.6. The summed E-state index contributed by atoms with van der Waals surface area (Å²) in [5, 5.41) is 8.28. The fraction of sp³-hybridized carbons (Fsp3) is 0.172. The van der Waals surface area contributed by atoms with E-state index in [1.807, 2.05) is 23.9 Å². The Labute approximate surface area is 239 Å². The average molecular weight is 575 g/mol. The number of fused-ring (bicyclic) bond motifs is 1. The standard InChI is InChI=1S/C29H27FN6O4S/c1-31-11-12-36-16-22(33-17-36)26-14-21-29(41-26)25(9-10-32-21)40-23-8-7-18(13-19(23)30)34-27(37)15-28(38)35-20-5-3-4-6-24(20)39-2/h3-10,13-14,16-17,31H,11-12,15H2,1-2H3,(H,34,37)(H,35,38). The van der Waals surface area contributed by atoms with Crippen LogP contribution in [0.4, 0.5) is 15.8 Å². The molecule has 0 aliphatic carbocycles. The van der Waals surface area contributed by atoms with E-state index in [2.05, 4.69) is 25.9 Å². The van der Waals surface area contributed by atoms with Crippen LogP contribution in [0.5, 0.6) is 17.2 Å². The number of aromatic nitrogens is 3. The number of carbonyl (C=O) groups is 2. The van der Waals surface area contributed by atoms with Crippen LogP contribution in [0.1, 0.15) is 6.42 Å². The Morgan fingerprint density at radius 2 is 1.83 bits per heavy atom. The molecule has 41 heavy (non-hydrogen) atoms. The van der Waals surface area contributed by atoms with E-state index < -0.39 is 24.1 Å². The smallest absolute Gasteiger partial charge is 0.233 e. The highest BCUT2D eigenvalue weighted by atomic mass is 32.1. The Kier molecular flexibility index (Phi) is 8.51. The Bertz CT molecular complexity index is 1700. The zero-order valence-corrected chi connectivity index (χ0v) is 23.1. The maximum atomic E-state index is 15.0. The van der Waals surface area contributed by atoms with Crippen molar-refractivity contribution in [2.75, 3.05) is 31.3 Å². The Morgan fingerprint density at radius 1 is 1.00 bits per heavy atom. The molecule has 2 aromatic carbocycles. The summed E-state index contributed by atoms with van der Waals surface area (Å²) in [6.07, 6.45) is 4.89. The van der Waals surface area contributed by atoms with Crippen LogP contribution in [0.3, 0.4) is 0 Å². The number of amides is 2. The number of likely N-dealkylation sites (N-methyl/N-ethyl adjacent to an activating group) is 1. The number of ether oxygens (including phenoxy) is 2. The van der Waals surface area contributed by atoms with Gasteiger partial charge in [-0.3, -0.25) is 14.6 Å². The normalized spacial score (nSPS) is 10.9. The lowest BCUT2D eigenvalue weighted by Gasteiger charge is -2.11. The molecular weight excluding hydrogens is 547 g/mol. The van der Waals surface area contributed by atoms with E-state index >= 15 is 0 Å². The minimum Gasteiger partial charge on any atom is -0.495 e. The Morgan fingerprint density at radius 3 is 2.63 bits per heavy atom. The molecule has 3 heterocycles. The summed E-state index contributed by atoms with van der Waals surface area (Å²) < 4.78 is 28.9. The number of nitrogens with one attached hydrogen (secondary N) is 3. The first-order chi connectivity index (χ1) is 19.9. The zero-order chi connectivity index (χ0) is 28.8. The third-order valence-corrected chi connectivity index (χ3v) is 7.18. The molecule has 0 unspecified atom stereocenters. The van der Waals surface area contributed by atoms with Gasteiger partial charge in [0.15, 0.2) is 11.6 Å². The van der Waals surface area contributed by atoms with Crippen LogP contribution in [0.2, 0.25) is 0 Å². The number of anilines is 2. The molecule has 3 aromatic heterocycles. The molecule has 2 amide bonds. The van der Waals surface area contributed by atoms with Crippen molar-refractivity contribution >= 4 is 44.7 Å². The van der Waals surface area contributed by atoms with Gasteiger partial charge in [-0.2, -0.15) is 0 Å². The highest BCUT2D eigenvalue weighted by Crippen LogP contribution is 2.39. The number of benzene rings is 2. The number of carbonyl (C=O) groups excluding carboxylic acids is 2. The molecule has 5 aromatic rings. The van der Waals surface area contributed by atoms with Crippen LogP contribution >= 0.6 is 11.3 Å². The summed E-state index contributed by atoms with van der Waals surface area (Å²) in [6, 6.07) is 14.5. The molecule has 0 saturated heterocycles. The van der Waals surface area contributed by atoms with Crippen LogP contribution < -0.4 is 25.4 Å². The van der Waals surface area contributed by atoms with E-state index in [1.54, 1.807) is 42.9 Å². The molecule has 0 aliphatic heterocycles. The Balaban J connectivity index is 1.24. The first-order valence-corrected chi connectivity index (χ1v) is 13.5. The maximum absolute atomic E-state index is 15.0. The van der Waals surface area contributed by atoms with E-state index in [4.69, 9.17) is 9.47 Å². The fourth-order valence-corrected chi connectivity index (χ4v) is 5.07. The average Bonchev–Trinajstić information content (AvgIpc) is 3.61. The van der Waals surface area contributed by atoms with Crippen molar-refractivity contribution in [1.82, 2.24) is 19.9 Å². The van der Waals surface area contributed by atoms with Crippen molar-refractivity contribution in [2.24, 2.45) is 0 Å². The van der Waals surface area contributed by atoms with Gasteiger partial charge in [-0.1, -0.05) is 12.1 Å². The van der Waals surface area contributed by atoms with Crippen LogP contribution in [-0.2, 0) is 16.1 Å². The molecule has 210 valence electrons. The number of hydrogen-bond donors (Lipinski definition) is 3. The van der Waals surface area contributed by atoms with Gasteiger partial charge in [0.25, 0.3) is 0 Å². The first kappa shape index (κ1) is 27.7. The second-order valence-corrected chi connectivity index (χ2v) is 10.0. The van der Waals surface area contributed by atoms with Gasteiger partial charge in [-0.15, -0.1) is 11.3 Å². The third-order valence-electron chi connectivity index (χ3n) is 6.02. The van der Waals surface area contributed by atoms with Gasteiger partial charge in [0, 0.05) is 43.3 Å². The molecule has 3 N–H and O–H groups in total. The summed E-state index contributed by atoms with van der Waals surface area (Å²) in [7, 11) is 3.38. The lowest BCUT2D eigenvalue weighted by atomic mass is 10.2. The van der Waals surface area contributed by atoms with Crippen molar-refractivity contribution in [3.63, 3.8) is 0 Å². The molecule has 0 saturated carbocycles. The zero-order valence-electron chi connectivity index (χ0n) is 22.3. The summed E-state index contributed by atoms with van der Waals surface area (Å²) in [5.74, 6) is -0.901. The van der Waals surface area contributed by atoms with E-state index in [9.17, 15) is 14.0 Å². The minimum atomic E-state index is -0.675. The predicted molar refractivity (Wildman–Crippen MR) is 156 cm³/mol. The van der Waals surface area contributed by atoms with Gasteiger partial charge >= 0.3 is 0 Å². The highest BCUT2D eigenvalue weighted by Gasteiger charge is 2.16. The number of methoxy groups -OCH3 is 1. The fourth-order valence-electron chi connectivity index (χ4n) is 4.05. The summed E-state index contributed by atoms with van der Waals surface area (Å²) >= 11 is 1.46. The topological polar surface area (TPSA) is 119 Å². The molecule has 0 aliphatic rings. The summed E-state index contributed by atoms with van der Waals surface area (Å²) in [5.41, 5.74) is 2.17. The van der Waals surface area contributed by atoms with Gasteiger partial charge in [-0.05, 0) is 37.4 Å².